The van der Waals surface area contributed by atoms with Crippen molar-refractivity contribution in [1.29, 1.82) is 0 Å². The summed E-state index contributed by atoms with van der Waals surface area (Å²) in [5, 5.41) is 9.91. The van der Waals surface area contributed by atoms with Crippen LogP contribution in [-0.4, -0.2) is 59.1 Å². The van der Waals surface area contributed by atoms with Crippen LogP contribution in [0.2, 0.25) is 5.02 Å². The Morgan fingerprint density at radius 2 is 1.66 bits per heavy atom. The highest BCUT2D eigenvalue weighted by Gasteiger charge is 2.27. The average Bonchev–Trinajstić information content (AvgIpc) is 2.79. The van der Waals surface area contributed by atoms with Gasteiger partial charge in [-0.1, -0.05) is 24.6 Å². The summed E-state index contributed by atoms with van der Waals surface area (Å²) < 4.78 is 5.74. The highest BCUT2D eigenvalue weighted by atomic mass is 35.5. The first kappa shape index (κ1) is 24.1. The maximum Gasteiger partial charge on any atom is 0.344 e. The van der Waals surface area contributed by atoms with E-state index in [0.29, 0.717) is 35.8 Å². The van der Waals surface area contributed by atoms with Crippen LogP contribution in [0.25, 0.3) is 0 Å². The van der Waals surface area contributed by atoms with Crippen LogP contribution in [-0.2, 0) is 4.79 Å². The lowest BCUT2D eigenvalue weighted by atomic mass is 9.96. The van der Waals surface area contributed by atoms with Gasteiger partial charge in [0.05, 0.1) is 0 Å². The Hall–Kier alpha value is -2.57. The van der Waals surface area contributed by atoms with Crippen molar-refractivity contribution in [3.8, 4) is 5.75 Å². The Labute approximate surface area is 194 Å². The molecule has 1 aliphatic heterocycles. The Morgan fingerprint density at radius 3 is 2.22 bits per heavy atom. The number of carboxylic acids is 1. The van der Waals surface area contributed by atoms with Crippen molar-refractivity contribution in [2.24, 2.45) is 0 Å². The van der Waals surface area contributed by atoms with Crippen LogP contribution in [0, 0.1) is 13.8 Å². The number of carboxylic acid groups (broad SMARTS) is 1. The number of nitrogens with zero attached hydrogens (tertiary/aromatic N) is 2. The molecule has 0 radical (unpaired) electrons. The monoisotopic (exact) mass is 458 g/mol. The summed E-state index contributed by atoms with van der Waals surface area (Å²) in [4.78, 5) is 28.4. The minimum Gasteiger partial charge on any atom is -0.479 e. The molecule has 6 nitrogen and oxygen atoms in total. The Bertz CT molecular complexity index is 969. The van der Waals surface area contributed by atoms with Gasteiger partial charge < -0.3 is 14.7 Å². The number of carbonyl (C=O) groups excluding carboxylic acids is 1. The van der Waals surface area contributed by atoms with Gasteiger partial charge in [0.1, 0.15) is 5.75 Å². The normalized spacial score (nSPS) is 16.5. The van der Waals surface area contributed by atoms with Crippen molar-refractivity contribution < 1.29 is 19.4 Å². The molecule has 1 fully saturated rings. The van der Waals surface area contributed by atoms with E-state index in [0.717, 1.165) is 24.2 Å². The molecule has 2 unspecified atom stereocenters. The molecule has 172 valence electrons. The zero-order valence-electron chi connectivity index (χ0n) is 19.1. The molecule has 1 heterocycles. The molecule has 2 atom stereocenters. The van der Waals surface area contributed by atoms with Crippen LogP contribution in [0.3, 0.4) is 0 Å². The molecule has 1 N–H and O–H groups in total. The zero-order chi connectivity index (χ0) is 23.4. The van der Waals surface area contributed by atoms with Crippen molar-refractivity contribution in [1.82, 2.24) is 9.80 Å². The molecule has 0 saturated carbocycles. The van der Waals surface area contributed by atoms with E-state index in [1.165, 1.54) is 5.56 Å². The maximum absolute atomic E-state index is 12.8. The molecule has 1 saturated heterocycles. The maximum atomic E-state index is 12.8. The number of aliphatic carboxylic acids is 1. The number of benzene rings is 2. The summed E-state index contributed by atoms with van der Waals surface area (Å²) in [5.74, 6) is -0.300. The molecule has 1 aliphatic rings. The third-order valence-electron chi connectivity index (χ3n) is 6.39. The first-order chi connectivity index (χ1) is 15.2. The number of carbonyl (C=O) groups is 2. The summed E-state index contributed by atoms with van der Waals surface area (Å²) in [5.41, 5.74) is 3.92. The third kappa shape index (κ3) is 5.25. The molecule has 7 heteroatoms. The van der Waals surface area contributed by atoms with Crippen LogP contribution >= 0.6 is 11.6 Å². The number of ether oxygens (including phenoxy) is 1. The Kier molecular flexibility index (Phi) is 7.80. The number of halogens is 1. The van der Waals surface area contributed by atoms with Crippen molar-refractivity contribution >= 4 is 23.5 Å². The van der Waals surface area contributed by atoms with Crippen LogP contribution < -0.4 is 4.74 Å². The van der Waals surface area contributed by atoms with Gasteiger partial charge in [0.2, 0.25) is 0 Å². The fourth-order valence-electron chi connectivity index (χ4n) is 4.14. The van der Waals surface area contributed by atoms with Gasteiger partial charge in [0.25, 0.3) is 5.91 Å². The van der Waals surface area contributed by atoms with E-state index >= 15 is 0 Å². The molecular weight excluding hydrogens is 428 g/mol. The van der Waals surface area contributed by atoms with E-state index in [-0.39, 0.29) is 11.9 Å². The third-order valence-corrected chi connectivity index (χ3v) is 6.64. The molecule has 3 rings (SSSR count). The van der Waals surface area contributed by atoms with Gasteiger partial charge in [-0.3, -0.25) is 9.69 Å². The second-order valence-corrected chi connectivity index (χ2v) is 8.70. The zero-order valence-corrected chi connectivity index (χ0v) is 19.9. The molecule has 2 aromatic carbocycles. The number of piperazine rings is 1. The van der Waals surface area contributed by atoms with Gasteiger partial charge in [-0.15, -0.1) is 0 Å². The number of hydrogen-bond donors (Lipinski definition) is 1. The van der Waals surface area contributed by atoms with Crippen molar-refractivity contribution in [2.45, 2.75) is 46.3 Å². The smallest absolute Gasteiger partial charge is 0.344 e. The van der Waals surface area contributed by atoms with Crippen LogP contribution in [0.5, 0.6) is 5.75 Å². The average molecular weight is 459 g/mol. The van der Waals surface area contributed by atoms with Gasteiger partial charge >= 0.3 is 5.97 Å². The standard InChI is InChI=1S/C25H31ClN2O4/c1-5-22(25(30)31)32-23-11-10-21(16(2)17(23)3)18(4)27-12-14-28(15-13-27)24(29)19-6-8-20(26)9-7-19/h6-11,18,22H,5,12-15H2,1-4H3,(H,30,31). The van der Waals surface area contributed by atoms with Gasteiger partial charge in [0, 0.05) is 42.8 Å². The second-order valence-electron chi connectivity index (χ2n) is 8.27. The lowest BCUT2D eigenvalue weighted by molar-refractivity contribution is -0.145. The van der Waals surface area contributed by atoms with Gasteiger partial charge in [-0.2, -0.15) is 0 Å². The molecule has 32 heavy (non-hydrogen) atoms. The lowest BCUT2D eigenvalue weighted by Gasteiger charge is -2.39. The van der Waals surface area contributed by atoms with Crippen LogP contribution in [0.15, 0.2) is 36.4 Å². The van der Waals surface area contributed by atoms with E-state index in [9.17, 15) is 14.7 Å². The Balaban J connectivity index is 1.66. The highest BCUT2D eigenvalue weighted by molar-refractivity contribution is 6.30. The van der Waals surface area contributed by atoms with E-state index in [4.69, 9.17) is 16.3 Å². The van der Waals surface area contributed by atoms with Crippen molar-refractivity contribution in [3.63, 3.8) is 0 Å². The summed E-state index contributed by atoms with van der Waals surface area (Å²) in [6.45, 7) is 10.9. The molecule has 0 aliphatic carbocycles. The highest BCUT2D eigenvalue weighted by Crippen LogP contribution is 2.32. The first-order valence-corrected chi connectivity index (χ1v) is 11.4. The molecule has 0 spiro atoms. The van der Waals surface area contributed by atoms with E-state index in [1.807, 2.05) is 24.0 Å². The number of amides is 1. The van der Waals surface area contributed by atoms with Crippen molar-refractivity contribution in [3.05, 3.63) is 63.7 Å². The molecule has 1 amide bonds. The van der Waals surface area contributed by atoms with E-state index in [2.05, 4.69) is 18.7 Å². The molecular formula is C25H31ClN2O4. The van der Waals surface area contributed by atoms with Gasteiger partial charge in [-0.25, -0.2) is 4.79 Å². The SMILES string of the molecule is CCC(Oc1ccc(C(C)N2CCN(C(=O)c3ccc(Cl)cc3)CC2)c(C)c1C)C(=O)O. The summed E-state index contributed by atoms with van der Waals surface area (Å²) in [7, 11) is 0. The number of hydrogen-bond acceptors (Lipinski definition) is 4. The van der Waals surface area contributed by atoms with E-state index < -0.39 is 12.1 Å². The second kappa shape index (κ2) is 10.4. The topological polar surface area (TPSA) is 70.1 Å². The largest absolute Gasteiger partial charge is 0.479 e. The quantitative estimate of drug-likeness (QED) is 0.650. The minimum absolute atomic E-state index is 0.0337. The summed E-state index contributed by atoms with van der Waals surface area (Å²) >= 11 is 5.93. The summed E-state index contributed by atoms with van der Waals surface area (Å²) in [6.07, 6.45) is -0.437. The van der Waals surface area contributed by atoms with Crippen LogP contribution in [0.1, 0.15) is 53.4 Å². The first-order valence-electron chi connectivity index (χ1n) is 11.0. The van der Waals surface area contributed by atoms with Gasteiger partial charge in [0.15, 0.2) is 6.10 Å². The minimum atomic E-state index is -0.951. The molecule has 0 aromatic heterocycles. The fourth-order valence-corrected chi connectivity index (χ4v) is 4.27. The predicted octanol–water partition coefficient (Wildman–Crippen LogP) is 4.72. The van der Waals surface area contributed by atoms with Crippen molar-refractivity contribution in [2.75, 3.05) is 26.2 Å². The number of rotatable bonds is 7. The van der Waals surface area contributed by atoms with Crippen LogP contribution in [0.4, 0.5) is 0 Å². The van der Waals surface area contributed by atoms with E-state index in [1.54, 1.807) is 31.2 Å². The molecule has 0 bridgehead atoms. The van der Waals surface area contributed by atoms with Gasteiger partial charge in [-0.05, 0) is 74.2 Å². The lowest BCUT2D eigenvalue weighted by Crippen LogP contribution is -2.49. The summed E-state index contributed by atoms with van der Waals surface area (Å²) in [6, 6.07) is 11.1. The Morgan fingerprint density at radius 1 is 1.03 bits per heavy atom. The fraction of sp³-hybridized carbons (Fsp3) is 0.440. The predicted molar refractivity (Wildman–Crippen MR) is 126 cm³/mol. The molecule has 2 aromatic rings.